The van der Waals surface area contributed by atoms with Crippen LogP contribution in [0.25, 0.3) is 0 Å². The predicted octanol–water partition coefficient (Wildman–Crippen LogP) is 5.30. The van der Waals surface area contributed by atoms with E-state index >= 15 is 0 Å². The van der Waals surface area contributed by atoms with Crippen LogP contribution in [0.4, 0.5) is 0 Å². The average Bonchev–Trinajstić information content (AvgIpc) is 2.60. The van der Waals surface area contributed by atoms with Crippen LogP contribution in [0.15, 0.2) is 41.5 Å². The fourth-order valence-electron chi connectivity index (χ4n) is 2.15. The Bertz CT molecular complexity index is 700. The summed E-state index contributed by atoms with van der Waals surface area (Å²) in [6.07, 6.45) is 2.67. The number of nitrogens with zero attached hydrogens (tertiary/aromatic N) is 1. The minimum Gasteiger partial charge on any atom is -0.490 e. The van der Waals surface area contributed by atoms with Gasteiger partial charge >= 0.3 is 0 Å². The molecular weight excluding hydrogens is 359 g/mol. The molecule has 0 bridgehead atoms. The van der Waals surface area contributed by atoms with Crippen molar-refractivity contribution >= 4 is 29.4 Å². The van der Waals surface area contributed by atoms with Gasteiger partial charge in [-0.25, -0.2) is 0 Å². The van der Waals surface area contributed by atoms with E-state index in [1.54, 1.807) is 18.3 Å². The number of halogens is 2. The lowest BCUT2D eigenvalue weighted by molar-refractivity contribution is 0.277. The molecule has 0 amide bonds. The molecule has 0 aliphatic carbocycles. The quantitative estimate of drug-likeness (QED) is 0.473. The van der Waals surface area contributed by atoms with Gasteiger partial charge in [-0.2, -0.15) is 5.10 Å². The third kappa shape index (κ3) is 5.83. The number of hydrazone groups is 1. The van der Waals surface area contributed by atoms with E-state index in [0.29, 0.717) is 35.6 Å². The summed E-state index contributed by atoms with van der Waals surface area (Å²) in [5.74, 6) is 1.46. The molecule has 0 unspecified atom stereocenters. The zero-order valence-corrected chi connectivity index (χ0v) is 15.9. The van der Waals surface area contributed by atoms with E-state index in [9.17, 15) is 0 Å². The lowest BCUT2D eigenvalue weighted by atomic mass is 10.2. The second kappa shape index (κ2) is 10.2. The van der Waals surface area contributed by atoms with Crippen molar-refractivity contribution in [3.8, 4) is 11.5 Å². The summed E-state index contributed by atoms with van der Waals surface area (Å²) in [4.78, 5) is 0. The van der Waals surface area contributed by atoms with Crippen molar-refractivity contribution in [2.45, 2.75) is 26.8 Å². The number of hydrogen-bond acceptors (Lipinski definition) is 4. The Balaban J connectivity index is 2.01. The van der Waals surface area contributed by atoms with Gasteiger partial charge in [-0.15, -0.1) is 0 Å². The molecular formula is C19H22Cl2N2O2. The molecule has 2 aromatic rings. The Labute approximate surface area is 158 Å². The lowest BCUT2D eigenvalue weighted by Gasteiger charge is -2.12. The van der Waals surface area contributed by atoms with Crippen LogP contribution in [0.1, 0.15) is 31.4 Å². The largest absolute Gasteiger partial charge is 0.490 e. The molecule has 2 rings (SSSR count). The number of benzene rings is 2. The van der Waals surface area contributed by atoms with Gasteiger partial charge in [-0.3, -0.25) is 0 Å². The summed E-state index contributed by atoms with van der Waals surface area (Å²) in [5, 5.41) is 5.46. The first-order valence-electron chi connectivity index (χ1n) is 8.24. The highest BCUT2D eigenvalue weighted by Crippen LogP contribution is 2.28. The monoisotopic (exact) mass is 380 g/mol. The highest BCUT2D eigenvalue weighted by atomic mass is 35.5. The first-order valence-corrected chi connectivity index (χ1v) is 8.99. The van der Waals surface area contributed by atoms with Crippen LogP contribution in [-0.2, 0) is 6.54 Å². The lowest BCUT2D eigenvalue weighted by Crippen LogP contribution is -2.07. The molecule has 6 heteroatoms. The van der Waals surface area contributed by atoms with Crippen LogP contribution in [0.2, 0.25) is 10.0 Å². The van der Waals surface area contributed by atoms with Crippen molar-refractivity contribution in [1.29, 1.82) is 0 Å². The van der Waals surface area contributed by atoms with Gasteiger partial charge in [0.05, 0.1) is 26.0 Å². The number of rotatable bonds is 9. The van der Waals surface area contributed by atoms with Gasteiger partial charge in [0.15, 0.2) is 11.5 Å². The molecule has 0 heterocycles. The topological polar surface area (TPSA) is 42.8 Å². The summed E-state index contributed by atoms with van der Waals surface area (Å²) in [7, 11) is 0. The smallest absolute Gasteiger partial charge is 0.161 e. The maximum atomic E-state index is 6.13. The van der Waals surface area contributed by atoms with Gasteiger partial charge in [0, 0.05) is 15.6 Å². The molecule has 0 aliphatic rings. The number of nitrogens with one attached hydrogen (secondary N) is 1. The van der Waals surface area contributed by atoms with Crippen molar-refractivity contribution in [3.63, 3.8) is 0 Å². The van der Waals surface area contributed by atoms with E-state index in [4.69, 9.17) is 32.7 Å². The van der Waals surface area contributed by atoms with Crippen molar-refractivity contribution in [2.24, 2.45) is 5.10 Å². The van der Waals surface area contributed by atoms with Crippen LogP contribution in [0, 0.1) is 0 Å². The van der Waals surface area contributed by atoms with E-state index in [1.165, 1.54) is 0 Å². The Morgan fingerprint density at radius 2 is 1.80 bits per heavy atom. The third-order valence-electron chi connectivity index (χ3n) is 3.35. The molecule has 1 N–H and O–H groups in total. The molecule has 2 aromatic carbocycles. The zero-order valence-electron chi connectivity index (χ0n) is 14.4. The molecule has 0 aliphatic heterocycles. The molecule has 134 valence electrons. The summed E-state index contributed by atoms with van der Waals surface area (Å²) in [5.41, 5.74) is 4.69. The standard InChI is InChI=1S/C19H22Cl2N2O2/c1-3-10-25-18-9-8-14(11-19(18)24-4-2)12-22-23-13-15-16(20)6-5-7-17(15)21/h5-9,11-12,23H,3-4,10,13H2,1-2H3/b22-12+. The van der Waals surface area contributed by atoms with Gasteiger partial charge in [0.2, 0.25) is 0 Å². The zero-order chi connectivity index (χ0) is 18.1. The van der Waals surface area contributed by atoms with Gasteiger partial charge in [-0.1, -0.05) is 36.2 Å². The van der Waals surface area contributed by atoms with Crippen molar-refractivity contribution in [3.05, 3.63) is 57.6 Å². The van der Waals surface area contributed by atoms with E-state index < -0.39 is 0 Å². The molecule has 4 nitrogen and oxygen atoms in total. The third-order valence-corrected chi connectivity index (χ3v) is 4.06. The maximum Gasteiger partial charge on any atom is 0.161 e. The fourth-order valence-corrected chi connectivity index (χ4v) is 2.68. The van der Waals surface area contributed by atoms with Crippen LogP contribution in [0.5, 0.6) is 11.5 Å². The second-order valence-corrected chi connectivity index (χ2v) is 6.10. The molecule has 0 saturated carbocycles. The normalized spacial score (nSPS) is 10.9. The van der Waals surface area contributed by atoms with Crippen molar-refractivity contribution in [1.82, 2.24) is 5.43 Å². The average molecular weight is 381 g/mol. The molecule has 0 aromatic heterocycles. The van der Waals surface area contributed by atoms with E-state index in [2.05, 4.69) is 17.5 Å². The molecule has 0 radical (unpaired) electrons. The van der Waals surface area contributed by atoms with Crippen LogP contribution >= 0.6 is 23.2 Å². The summed E-state index contributed by atoms with van der Waals surface area (Å²) >= 11 is 12.3. The summed E-state index contributed by atoms with van der Waals surface area (Å²) < 4.78 is 11.3. The first-order chi connectivity index (χ1) is 12.2. The minimum absolute atomic E-state index is 0.449. The maximum absolute atomic E-state index is 6.13. The Hall–Kier alpha value is -1.91. The van der Waals surface area contributed by atoms with E-state index in [1.807, 2.05) is 31.2 Å². The van der Waals surface area contributed by atoms with E-state index in [-0.39, 0.29) is 0 Å². The predicted molar refractivity (Wildman–Crippen MR) is 104 cm³/mol. The summed E-state index contributed by atoms with van der Waals surface area (Å²) in [6, 6.07) is 11.2. The molecule has 0 saturated heterocycles. The SMILES string of the molecule is CCCOc1ccc(/C=N/NCc2c(Cl)cccc2Cl)cc1OCC. The highest BCUT2D eigenvalue weighted by Gasteiger charge is 2.06. The molecule has 25 heavy (non-hydrogen) atoms. The molecule has 0 atom stereocenters. The Kier molecular flexibility index (Phi) is 7.89. The van der Waals surface area contributed by atoms with Gasteiger partial charge < -0.3 is 14.9 Å². The molecule has 0 spiro atoms. The van der Waals surface area contributed by atoms with Crippen molar-refractivity contribution in [2.75, 3.05) is 13.2 Å². The Morgan fingerprint density at radius 3 is 2.48 bits per heavy atom. The second-order valence-electron chi connectivity index (χ2n) is 5.28. The van der Waals surface area contributed by atoms with E-state index in [0.717, 1.165) is 23.3 Å². The fraction of sp³-hybridized carbons (Fsp3) is 0.316. The molecule has 0 fully saturated rings. The Morgan fingerprint density at radius 1 is 1.04 bits per heavy atom. The first kappa shape index (κ1) is 19.4. The minimum atomic E-state index is 0.449. The van der Waals surface area contributed by atoms with Gasteiger partial charge in [-0.05, 0) is 49.2 Å². The highest BCUT2D eigenvalue weighted by molar-refractivity contribution is 6.35. The van der Waals surface area contributed by atoms with Crippen molar-refractivity contribution < 1.29 is 9.47 Å². The van der Waals surface area contributed by atoms with Crippen LogP contribution in [0.3, 0.4) is 0 Å². The number of ether oxygens (including phenoxy) is 2. The van der Waals surface area contributed by atoms with Crippen LogP contribution in [-0.4, -0.2) is 19.4 Å². The van der Waals surface area contributed by atoms with Crippen LogP contribution < -0.4 is 14.9 Å². The summed E-state index contributed by atoms with van der Waals surface area (Å²) in [6.45, 7) is 5.70. The van der Waals surface area contributed by atoms with Gasteiger partial charge in [0.1, 0.15) is 0 Å². The number of hydrogen-bond donors (Lipinski definition) is 1. The van der Waals surface area contributed by atoms with Gasteiger partial charge in [0.25, 0.3) is 0 Å².